The van der Waals surface area contributed by atoms with E-state index in [9.17, 15) is 14.8 Å². The number of hydrogen-bond donors (Lipinski definition) is 4. The largest absolute Gasteiger partial charge is 0.475 e. The number of nitrogens with one attached hydrogen (secondary N) is 2. The SMILES string of the molecule is CC(C)C[C@H](NC(=O)[C@H](Cc1ccccc1)NCc1ccccc1)B(O)O. The lowest BCUT2D eigenvalue weighted by atomic mass is 9.75. The van der Waals surface area contributed by atoms with Gasteiger partial charge < -0.3 is 20.7 Å². The summed E-state index contributed by atoms with van der Waals surface area (Å²) in [5.41, 5.74) is 2.13. The highest BCUT2D eigenvalue weighted by Gasteiger charge is 2.29. The second-order valence-corrected chi connectivity index (χ2v) is 7.27. The third kappa shape index (κ3) is 7.55. The van der Waals surface area contributed by atoms with E-state index in [0.29, 0.717) is 19.4 Å². The van der Waals surface area contributed by atoms with Gasteiger partial charge in [-0.05, 0) is 29.9 Å². The van der Waals surface area contributed by atoms with E-state index in [1.807, 2.05) is 74.5 Å². The summed E-state index contributed by atoms with van der Waals surface area (Å²) in [4.78, 5) is 12.9. The zero-order chi connectivity index (χ0) is 19.6. The van der Waals surface area contributed by atoms with Crippen LogP contribution in [0.4, 0.5) is 0 Å². The minimum atomic E-state index is -1.58. The highest BCUT2D eigenvalue weighted by molar-refractivity contribution is 6.43. The summed E-state index contributed by atoms with van der Waals surface area (Å²) in [6.07, 6.45) is 1.02. The smallest absolute Gasteiger partial charge is 0.426 e. The standard InChI is InChI=1S/C21H29BN2O3/c1-16(2)13-20(22(26)27)24-21(25)19(14-17-9-5-3-6-10-17)23-15-18-11-7-4-8-12-18/h3-12,16,19-20,23,26-27H,13-15H2,1-2H3,(H,24,25)/t19-,20-/m0/s1. The fourth-order valence-electron chi connectivity index (χ4n) is 2.99. The molecule has 5 nitrogen and oxygen atoms in total. The van der Waals surface area contributed by atoms with Gasteiger partial charge >= 0.3 is 7.12 Å². The molecule has 144 valence electrons. The first kappa shape index (κ1) is 21.2. The van der Waals surface area contributed by atoms with Gasteiger partial charge in [-0.3, -0.25) is 4.79 Å². The van der Waals surface area contributed by atoms with Gasteiger partial charge in [0.05, 0.1) is 12.0 Å². The van der Waals surface area contributed by atoms with Gasteiger partial charge in [0.25, 0.3) is 0 Å². The molecule has 0 aliphatic carbocycles. The zero-order valence-corrected chi connectivity index (χ0v) is 16.0. The van der Waals surface area contributed by atoms with E-state index in [2.05, 4.69) is 10.6 Å². The average molecular weight is 368 g/mol. The van der Waals surface area contributed by atoms with Gasteiger partial charge in [-0.1, -0.05) is 74.5 Å². The van der Waals surface area contributed by atoms with E-state index in [0.717, 1.165) is 11.1 Å². The molecule has 6 heteroatoms. The Morgan fingerprint density at radius 2 is 1.52 bits per heavy atom. The zero-order valence-electron chi connectivity index (χ0n) is 16.0. The molecule has 1 amide bonds. The van der Waals surface area contributed by atoms with Crippen LogP contribution in [0.5, 0.6) is 0 Å². The van der Waals surface area contributed by atoms with Crippen molar-refractivity contribution in [3.05, 3.63) is 71.8 Å². The van der Waals surface area contributed by atoms with Crippen LogP contribution in [-0.2, 0) is 17.8 Å². The molecule has 2 atom stereocenters. The lowest BCUT2D eigenvalue weighted by Crippen LogP contribution is -2.53. The first-order valence-corrected chi connectivity index (χ1v) is 9.43. The predicted octanol–water partition coefficient (Wildman–Crippen LogP) is 1.93. The summed E-state index contributed by atoms with van der Waals surface area (Å²) in [6.45, 7) is 4.52. The fraction of sp³-hybridized carbons (Fsp3) is 0.381. The van der Waals surface area contributed by atoms with Crippen LogP contribution >= 0.6 is 0 Å². The van der Waals surface area contributed by atoms with Crippen LogP contribution < -0.4 is 10.6 Å². The number of carbonyl (C=O) groups excluding carboxylic acids is 1. The Bertz CT molecular complexity index is 680. The van der Waals surface area contributed by atoms with Crippen molar-refractivity contribution in [2.24, 2.45) is 5.92 Å². The topological polar surface area (TPSA) is 81.6 Å². The van der Waals surface area contributed by atoms with Crippen LogP contribution in [0.3, 0.4) is 0 Å². The molecule has 0 radical (unpaired) electrons. The summed E-state index contributed by atoms with van der Waals surface area (Å²) in [6, 6.07) is 19.2. The second-order valence-electron chi connectivity index (χ2n) is 7.27. The first-order valence-electron chi connectivity index (χ1n) is 9.43. The fourth-order valence-corrected chi connectivity index (χ4v) is 2.99. The van der Waals surface area contributed by atoms with E-state index in [-0.39, 0.29) is 11.8 Å². The Balaban J connectivity index is 2.08. The van der Waals surface area contributed by atoms with E-state index in [1.165, 1.54) is 0 Å². The maximum Gasteiger partial charge on any atom is 0.475 e. The molecular weight excluding hydrogens is 339 g/mol. The molecule has 0 aliphatic rings. The lowest BCUT2D eigenvalue weighted by molar-refractivity contribution is -0.123. The number of hydrogen-bond acceptors (Lipinski definition) is 4. The molecule has 0 spiro atoms. The minimum absolute atomic E-state index is 0.228. The van der Waals surface area contributed by atoms with Crippen molar-refractivity contribution in [2.45, 2.75) is 45.2 Å². The van der Waals surface area contributed by atoms with E-state index < -0.39 is 19.1 Å². The van der Waals surface area contributed by atoms with Gasteiger partial charge in [-0.2, -0.15) is 0 Å². The van der Waals surface area contributed by atoms with E-state index in [4.69, 9.17) is 0 Å². The molecular formula is C21H29BN2O3. The van der Waals surface area contributed by atoms with Crippen LogP contribution in [0.25, 0.3) is 0 Å². The molecule has 0 bridgehead atoms. The number of carbonyl (C=O) groups is 1. The van der Waals surface area contributed by atoms with Crippen LogP contribution in [-0.4, -0.2) is 35.1 Å². The molecule has 0 aliphatic heterocycles. The summed E-state index contributed by atoms with van der Waals surface area (Å²) >= 11 is 0. The molecule has 0 unspecified atom stereocenters. The normalized spacial score (nSPS) is 13.2. The monoisotopic (exact) mass is 368 g/mol. The van der Waals surface area contributed by atoms with Crippen molar-refractivity contribution >= 4 is 13.0 Å². The predicted molar refractivity (Wildman–Crippen MR) is 109 cm³/mol. The number of rotatable bonds is 10. The van der Waals surface area contributed by atoms with Crippen molar-refractivity contribution in [1.82, 2.24) is 10.6 Å². The first-order chi connectivity index (χ1) is 13.0. The third-order valence-corrected chi connectivity index (χ3v) is 4.41. The van der Waals surface area contributed by atoms with Crippen LogP contribution in [0, 0.1) is 5.92 Å². The maximum absolute atomic E-state index is 12.9. The molecule has 0 fully saturated rings. The molecule has 27 heavy (non-hydrogen) atoms. The van der Waals surface area contributed by atoms with Crippen LogP contribution in [0.1, 0.15) is 31.4 Å². The Hall–Kier alpha value is -2.15. The molecule has 2 rings (SSSR count). The van der Waals surface area contributed by atoms with Gasteiger partial charge in [-0.15, -0.1) is 0 Å². The summed E-state index contributed by atoms with van der Waals surface area (Å²) in [5.74, 6) is -0.676. The van der Waals surface area contributed by atoms with Gasteiger partial charge in [0.1, 0.15) is 0 Å². The van der Waals surface area contributed by atoms with E-state index >= 15 is 0 Å². The highest BCUT2D eigenvalue weighted by Crippen LogP contribution is 2.09. The lowest BCUT2D eigenvalue weighted by Gasteiger charge is -2.24. The minimum Gasteiger partial charge on any atom is -0.426 e. The maximum atomic E-state index is 12.9. The molecule has 0 saturated carbocycles. The van der Waals surface area contributed by atoms with Crippen molar-refractivity contribution in [2.75, 3.05) is 0 Å². The quantitative estimate of drug-likeness (QED) is 0.483. The van der Waals surface area contributed by atoms with E-state index in [1.54, 1.807) is 0 Å². The molecule has 0 heterocycles. The summed E-state index contributed by atoms with van der Waals surface area (Å²) < 4.78 is 0. The molecule has 0 saturated heterocycles. The van der Waals surface area contributed by atoms with Crippen molar-refractivity contribution in [3.63, 3.8) is 0 Å². The molecule has 2 aromatic carbocycles. The Labute approximate surface area is 162 Å². The highest BCUT2D eigenvalue weighted by atomic mass is 16.4. The molecule has 4 N–H and O–H groups in total. The summed E-state index contributed by atoms with van der Waals surface area (Å²) in [5, 5.41) is 25.3. The van der Waals surface area contributed by atoms with Gasteiger partial charge in [-0.25, -0.2) is 0 Å². The van der Waals surface area contributed by atoms with Crippen molar-refractivity contribution < 1.29 is 14.8 Å². The Morgan fingerprint density at radius 3 is 2.04 bits per heavy atom. The number of amides is 1. The van der Waals surface area contributed by atoms with Crippen LogP contribution in [0.15, 0.2) is 60.7 Å². The van der Waals surface area contributed by atoms with Crippen molar-refractivity contribution in [3.8, 4) is 0 Å². The van der Waals surface area contributed by atoms with Gasteiger partial charge in [0.2, 0.25) is 5.91 Å². The second kappa shape index (κ2) is 10.9. The summed E-state index contributed by atoms with van der Waals surface area (Å²) in [7, 11) is -1.58. The Kier molecular flexibility index (Phi) is 8.52. The molecule has 2 aromatic rings. The Morgan fingerprint density at radius 1 is 0.963 bits per heavy atom. The third-order valence-electron chi connectivity index (χ3n) is 4.41. The van der Waals surface area contributed by atoms with Gasteiger partial charge in [0, 0.05) is 6.54 Å². The van der Waals surface area contributed by atoms with Gasteiger partial charge in [0.15, 0.2) is 0 Å². The van der Waals surface area contributed by atoms with Crippen LogP contribution in [0.2, 0.25) is 0 Å². The average Bonchev–Trinajstić information content (AvgIpc) is 2.65. The van der Waals surface area contributed by atoms with Crippen molar-refractivity contribution in [1.29, 1.82) is 0 Å². The number of benzene rings is 2. The molecule has 0 aromatic heterocycles.